The molecule has 1 rings (SSSR count). The van der Waals surface area contributed by atoms with E-state index in [2.05, 4.69) is 41.7 Å². The summed E-state index contributed by atoms with van der Waals surface area (Å²) < 4.78 is 0. The molecule has 1 N–H and O–H groups in total. The molecule has 0 saturated heterocycles. The van der Waals surface area contributed by atoms with Crippen molar-refractivity contribution in [3.05, 3.63) is 35.9 Å². The first-order valence-electron chi connectivity index (χ1n) is 3.96. The molecule has 0 radical (unpaired) electrons. The van der Waals surface area contributed by atoms with E-state index in [4.69, 9.17) is 0 Å². The van der Waals surface area contributed by atoms with Gasteiger partial charge in [0.05, 0.1) is 0 Å². The predicted octanol–water partition coefficient (Wildman–Crippen LogP) is 2.06. The van der Waals surface area contributed by atoms with Crippen molar-refractivity contribution in [2.45, 2.75) is 6.54 Å². The van der Waals surface area contributed by atoms with E-state index < -0.39 is 0 Å². The van der Waals surface area contributed by atoms with Crippen molar-refractivity contribution in [2.75, 3.05) is 12.1 Å². The third-order valence-corrected chi connectivity index (χ3v) is 2.22. The van der Waals surface area contributed by atoms with Gasteiger partial charge >= 0.3 is 0 Å². The van der Waals surface area contributed by atoms with Gasteiger partial charge in [0.25, 0.3) is 0 Å². The van der Waals surface area contributed by atoms with Crippen LogP contribution in [-0.4, -0.2) is 18.0 Å². The number of hydrogen-bond acceptors (Lipinski definition) is 1. The van der Waals surface area contributed by atoms with Gasteiger partial charge in [0.15, 0.2) is 0 Å². The summed E-state index contributed by atoms with van der Waals surface area (Å²) in [5.41, 5.74) is 1.34. The highest BCUT2D eigenvalue weighted by atomic mass is 32.2. The maximum atomic E-state index is 3.93. The van der Waals surface area contributed by atoms with Crippen molar-refractivity contribution in [3.63, 3.8) is 0 Å². The molecule has 0 aromatic heterocycles. The average Bonchev–Trinajstić information content (AvgIpc) is 2.05. The Labute approximate surface area is 76.7 Å². The lowest BCUT2D eigenvalue weighted by molar-refractivity contribution is 0.796. The van der Waals surface area contributed by atoms with Gasteiger partial charge in [-0.1, -0.05) is 36.2 Å². The summed E-state index contributed by atoms with van der Waals surface area (Å²) in [5, 5.41) is 3.35. The Balaban J connectivity index is 2.29. The Bertz CT molecular complexity index is 243. The molecule has 0 aliphatic rings. The standard InChI is InChI=1S/C10H15NS/c1-12(2)9-11-8-10-6-4-3-5-7-10/h3-7,11H,1,8-9H2,2H3. The minimum absolute atomic E-state index is 0.250. The molecule has 0 heterocycles. The van der Waals surface area contributed by atoms with E-state index in [-0.39, 0.29) is 10.5 Å². The molecule has 12 heavy (non-hydrogen) atoms. The van der Waals surface area contributed by atoms with Crippen LogP contribution in [0.4, 0.5) is 0 Å². The molecule has 1 aromatic carbocycles. The van der Waals surface area contributed by atoms with Gasteiger partial charge in [0, 0.05) is 12.4 Å². The van der Waals surface area contributed by atoms with Gasteiger partial charge in [-0.3, -0.25) is 0 Å². The highest BCUT2D eigenvalue weighted by Crippen LogP contribution is 2.00. The lowest BCUT2D eigenvalue weighted by atomic mass is 10.2. The fourth-order valence-electron chi connectivity index (χ4n) is 0.965. The molecule has 1 aromatic rings. The lowest BCUT2D eigenvalue weighted by Gasteiger charge is -2.04. The first-order chi connectivity index (χ1) is 5.79. The Hall–Kier alpha value is -0.600. The monoisotopic (exact) mass is 181 g/mol. The summed E-state index contributed by atoms with van der Waals surface area (Å²) in [6, 6.07) is 10.4. The van der Waals surface area contributed by atoms with Crippen LogP contribution in [0.1, 0.15) is 5.56 Å². The maximum Gasteiger partial charge on any atom is 0.0362 e. The largest absolute Gasteiger partial charge is 0.304 e. The molecule has 0 aliphatic heterocycles. The Morgan fingerprint density at radius 3 is 2.58 bits per heavy atom. The predicted molar refractivity (Wildman–Crippen MR) is 58.8 cm³/mol. The summed E-state index contributed by atoms with van der Waals surface area (Å²) in [7, 11) is 0.250. The molecule has 1 atom stereocenters. The Kier molecular flexibility index (Phi) is 4.05. The van der Waals surface area contributed by atoms with E-state index in [1.165, 1.54) is 5.56 Å². The summed E-state index contributed by atoms with van der Waals surface area (Å²) in [6.07, 6.45) is 2.14. The summed E-state index contributed by atoms with van der Waals surface area (Å²) in [6.45, 7) is 0.952. The summed E-state index contributed by atoms with van der Waals surface area (Å²) in [4.78, 5) is 0. The van der Waals surface area contributed by atoms with Crippen LogP contribution in [0.2, 0.25) is 0 Å². The Morgan fingerprint density at radius 1 is 1.33 bits per heavy atom. The van der Waals surface area contributed by atoms with Crippen LogP contribution in [0.3, 0.4) is 0 Å². The van der Waals surface area contributed by atoms with Gasteiger partial charge in [0.2, 0.25) is 0 Å². The minimum atomic E-state index is 0.250. The van der Waals surface area contributed by atoms with Crippen molar-refractivity contribution in [2.24, 2.45) is 0 Å². The molecule has 66 valence electrons. The molecular weight excluding hydrogens is 166 g/mol. The van der Waals surface area contributed by atoms with Gasteiger partial charge in [-0.05, 0) is 11.8 Å². The van der Waals surface area contributed by atoms with Crippen molar-refractivity contribution in [1.29, 1.82) is 0 Å². The number of rotatable bonds is 4. The number of hydrogen-bond donors (Lipinski definition) is 1. The van der Waals surface area contributed by atoms with E-state index in [1.54, 1.807) is 0 Å². The van der Waals surface area contributed by atoms with Crippen LogP contribution in [0, 0.1) is 0 Å². The molecule has 1 unspecified atom stereocenters. The van der Waals surface area contributed by atoms with Crippen molar-refractivity contribution in [1.82, 2.24) is 5.32 Å². The third-order valence-electron chi connectivity index (χ3n) is 1.52. The molecule has 0 bridgehead atoms. The second kappa shape index (κ2) is 5.12. The van der Waals surface area contributed by atoms with Gasteiger partial charge < -0.3 is 5.32 Å². The normalized spacial score (nSPS) is 12.8. The number of benzene rings is 1. The van der Waals surface area contributed by atoms with Crippen LogP contribution in [-0.2, 0) is 6.54 Å². The minimum Gasteiger partial charge on any atom is -0.304 e. The zero-order valence-electron chi connectivity index (χ0n) is 7.42. The first kappa shape index (κ1) is 9.49. The van der Waals surface area contributed by atoms with E-state index in [9.17, 15) is 0 Å². The molecule has 0 spiro atoms. The second-order valence-electron chi connectivity index (χ2n) is 2.84. The molecule has 0 saturated carbocycles. The maximum absolute atomic E-state index is 3.93. The summed E-state index contributed by atoms with van der Waals surface area (Å²) in [5.74, 6) is 4.94. The van der Waals surface area contributed by atoms with Crippen LogP contribution in [0.5, 0.6) is 0 Å². The van der Waals surface area contributed by atoms with Gasteiger partial charge in [-0.15, -0.1) is 0 Å². The molecule has 0 aliphatic carbocycles. The van der Waals surface area contributed by atoms with E-state index in [1.807, 2.05) is 6.07 Å². The highest BCUT2D eigenvalue weighted by Gasteiger charge is 1.88. The van der Waals surface area contributed by atoms with Crippen LogP contribution in [0.15, 0.2) is 30.3 Å². The number of nitrogens with one attached hydrogen (secondary N) is 1. The first-order valence-corrected chi connectivity index (χ1v) is 5.93. The van der Waals surface area contributed by atoms with Crippen molar-refractivity contribution in [3.8, 4) is 0 Å². The van der Waals surface area contributed by atoms with E-state index >= 15 is 0 Å². The van der Waals surface area contributed by atoms with E-state index in [0.29, 0.717) is 0 Å². The molecule has 2 heteroatoms. The average molecular weight is 181 g/mol. The van der Waals surface area contributed by atoms with Gasteiger partial charge in [-0.25, -0.2) is 0 Å². The van der Waals surface area contributed by atoms with Crippen LogP contribution >= 0.6 is 10.5 Å². The molecular formula is C10H15NS. The van der Waals surface area contributed by atoms with Gasteiger partial charge in [0.1, 0.15) is 0 Å². The van der Waals surface area contributed by atoms with Crippen molar-refractivity contribution < 1.29 is 0 Å². The van der Waals surface area contributed by atoms with Crippen LogP contribution < -0.4 is 5.32 Å². The van der Waals surface area contributed by atoms with Crippen molar-refractivity contribution >= 4 is 16.4 Å². The molecule has 0 fully saturated rings. The SMILES string of the molecule is C=S(C)CNCc1ccccc1. The topological polar surface area (TPSA) is 12.0 Å². The smallest absolute Gasteiger partial charge is 0.0362 e. The zero-order valence-corrected chi connectivity index (χ0v) is 8.23. The lowest BCUT2D eigenvalue weighted by Crippen LogP contribution is -2.12. The molecule has 1 nitrogen and oxygen atoms in total. The highest BCUT2D eigenvalue weighted by molar-refractivity contribution is 8.13. The fraction of sp³-hybridized carbons (Fsp3) is 0.300. The quantitative estimate of drug-likeness (QED) is 0.701. The second-order valence-corrected chi connectivity index (χ2v) is 4.69. The molecule has 0 amide bonds. The summed E-state index contributed by atoms with van der Waals surface area (Å²) >= 11 is 0. The van der Waals surface area contributed by atoms with Gasteiger partial charge in [-0.2, -0.15) is 10.5 Å². The van der Waals surface area contributed by atoms with Crippen LogP contribution in [0.25, 0.3) is 0 Å². The Morgan fingerprint density at radius 2 is 2.00 bits per heavy atom. The fourth-order valence-corrected chi connectivity index (χ4v) is 1.42. The van der Waals surface area contributed by atoms with E-state index in [0.717, 1.165) is 12.4 Å². The zero-order chi connectivity index (χ0) is 8.81. The third kappa shape index (κ3) is 3.69.